The lowest BCUT2D eigenvalue weighted by atomic mass is 10.0. The number of halogens is 3. The number of H-pyrrole nitrogens is 1. The summed E-state index contributed by atoms with van der Waals surface area (Å²) in [5.74, 6) is 1.43. The van der Waals surface area contributed by atoms with Gasteiger partial charge in [-0.1, -0.05) is 34.8 Å². The molecule has 1 aromatic carbocycles. The molecule has 0 spiro atoms. The largest absolute Gasteiger partial charge is 0.496 e. The molecule has 0 saturated heterocycles. The summed E-state index contributed by atoms with van der Waals surface area (Å²) in [7, 11) is 1.63. The van der Waals surface area contributed by atoms with Gasteiger partial charge in [0.05, 0.1) is 19.2 Å². The van der Waals surface area contributed by atoms with Crippen molar-refractivity contribution in [3.05, 3.63) is 63.4 Å². The SMILES string of the molecule is COc1cc(-c2cnc(Cl)c3nn(Cc4nc5nc(Cl)ccc5[nH]4)cc23)c(Cl)cc1C. The Kier molecular flexibility index (Phi) is 4.97. The average Bonchev–Trinajstić information content (AvgIpc) is 3.33. The Hall–Kier alpha value is -2.87. The zero-order chi connectivity index (χ0) is 21.7. The van der Waals surface area contributed by atoms with Crippen molar-refractivity contribution in [3.8, 4) is 16.9 Å². The molecule has 5 aromatic rings. The highest BCUT2D eigenvalue weighted by molar-refractivity contribution is 6.35. The first kappa shape index (κ1) is 20.1. The van der Waals surface area contributed by atoms with Crippen LogP contribution in [-0.2, 0) is 6.54 Å². The standard InChI is InChI=1S/C21H15Cl3N6O/c1-10-5-14(22)11(6-16(10)31-2)12-7-25-20(24)19-13(12)8-30(29-19)9-18-26-15-3-4-17(23)27-21(15)28-18/h3-8H,9H2,1-2H3,(H,26,27,28). The van der Waals surface area contributed by atoms with Crippen molar-refractivity contribution in [2.45, 2.75) is 13.5 Å². The number of nitrogens with zero attached hydrogens (tertiary/aromatic N) is 5. The number of hydrogen-bond acceptors (Lipinski definition) is 5. The molecule has 0 aliphatic heterocycles. The normalized spacial score (nSPS) is 11.5. The van der Waals surface area contributed by atoms with E-state index >= 15 is 0 Å². The van der Waals surface area contributed by atoms with Crippen LogP contribution in [0.1, 0.15) is 11.4 Å². The Morgan fingerprint density at radius 1 is 1.10 bits per heavy atom. The third-order valence-corrected chi connectivity index (χ3v) is 5.80. The first-order valence-electron chi connectivity index (χ1n) is 9.30. The second-order valence-corrected chi connectivity index (χ2v) is 8.19. The van der Waals surface area contributed by atoms with E-state index < -0.39 is 0 Å². The van der Waals surface area contributed by atoms with Crippen LogP contribution in [0.25, 0.3) is 33.2 Å². The molecule has 0 bridgehead atoms. The highest BCUT2D eigenvalue weighted by atomic mass is 35.5. The monoisotopic (exact) mass is 472 g/mol. The summed E-state index contributed by atoms with van der Waals surface area (Å²) >= 11 is 18.9. The number of pyridine rings is 2. The van der Waals surface area contributed by atoms with Gasteiger partial charge in [0.2, 0.25) is 0 Å². The summed E-state index contributed by atoms with van der Waals surface area (Å²) in [5.41, 5.74) is 4.48. The van der Waals surface area contributed by atoms with Gasteiger partial charge in [-0.05, 0) is 36.8 Å². The van der Waals surface area contributed by atoms with Crippen molar-refractivity contribution in [2.24, 2.45) is 0 Å². The van der Waals surface area contributed by atoms with Crippen LogP contribution in [0.3, 0.4) is 0 Å². The highest BCUT2D eigenvalue weighted by Gasteiger charge is 2.17. The molecule has 7 nitrogen and oxygen atoms in total. The number of fused-ring (bicyclic) bond motifs is 2. The van der Waals surface area contributed by atoms with Crippen molar-refractivity contribution in [2.75, 3.05) is 7.11 Å². The van der Waals surface area contributed by atoms with Gasteiger partial charge in [0.25, 0.3) is 0 Å². The summed E-state index contributed by atoms with van der Waals surface area (Å²) in [4.78, 5) is 16.2. The summed E-state index contributed by atoms with van der Waals surface area (Å²) in [5, 5.41) is 6.73. The molecule has 0 amide bonds. The van der Waals surface area contributed by atoms with Gasteiger partial charge >= 0.3 is 0 Å². The van der Waals surface area contributed by atoms with Gasteiger partial charge in [0, 0.05) is 33.9 Å². The molecule has 0 saturated carbocycles. The molecule has 0 radical (unpaired) electrons. The fourth-order valence-electron chi connectivity index (χ4n) is 3.55. The zero-order valence-electron chi connectivity index (χ0n) is 16.4. The van der Waals surface area contributed by atoms with E-state index in [0.29, 0.717) is 38.9 Å². The first-order valence-corrected chi connectivity index (χ1v) is 10.4. The highest BCUT2D eigenvalue weighted by Crippen LogP contribution is 2.38. The number of hydrogen-bond donors (Lipinski definition) is 1. The van der Waals surface area contributed by atoms with Crippen molar-refractivity contribution in [1.82, 2.24) is 29.7 Å². The van der Waals surface area contributed by atoms with E-state index in [1.54, 1.807) is 24.1 Å². The maximum absolute atomic E-state index is 6.55. The molecule has 0 aliphatic rings. The van der Waals surface area contributed by atoms with Crippen molar-refractivity contribution >= 4 is 56.9 Å². The van der Waals surface area contributed by atoms with Gasteiger partial charge in [-0.3, -0.25) is 4.68 Å². The average molecular weight is 474 g/mol. The molecule has 4 aromatic heterocycles. The first-order chi connectivity index (χ1) is 14.9. The molecular formula is C21H15Cl3N6O. The number of ether oxygens (including phenoxy) is 1. The summed E-state index contributed by atoms with van der Waals surface area (Å²) in [6.07, 6.45) is 3.59. The number of benzene rings is 1. The van der Waals surface area contributed by atoms with Crippen LogP contribution in [0, 0.1) is 6.92 Å². The third kappa shape index (κ3) is 3.59. The van der Waals surface area contributed by atoms with E-state index in [1.807, 2.05) is 31.3 Å². The quantitative estimate of drug-likeness (QED) is 0.339. The Balaban J connectivity index is 1.60. The summed E-state index contributed by atoms with van der Waals surface area (Å²) in [6.45, 7) is 2.33. The molecule has 0 unspecified atom stereocenters. The minimum atomic E-state index is 0.311. The maximum Gasteiger partial charge on any atom is 0.179 e. The van der Waals surface area contributed by atoms with Crippen LogP contribution >= 0.6 is 34.8 Å². The van der Waals surface area contributed by atoms with Gasteiger partial charge < -0.3 is 9.72 Å². The van der Waals surface area contributed by atoms with E-state index in [2.05, 4.69) is 25.0 Å². The van der Waals surface area contributed by atoms with Crippen LogP contribution in [-0.4, -0.2) is 36.8 Å². The Labute approximate surface area is 192 Å². The number of nitrogens with one attached hydrogen (secondary N) is 1. The second kappa shape index (κ2) is 7.67. The van der Waals surface area contributed by atoms with Crippen LogP contribution in [0.5, 0.6) is 5.75 Å². The Morgan fingerprint density at radius 3 is 2.74 bits per heavy atom. The van der Waals surface area contributed by atoms with Crippen molar-refractivity contribution in [1.29, 1.82) is 0 Å². The lowest BCUT2D eigenvalue weighted by molar-refractivity contribution is 0.412. The molecule has 31 heavy (non-hydrogen) atoms. The molecule has 5 rings (SSSR count). The van der Waals surface area contributed by atoms with Crippen LogP contribution in [0.2, 0.25) is 15.3 Å². The number of imidazole rings is 1. The Bertz CT molecular complexity index is 1460. The fraction of sp³-hybridized carbons (Fsp3) is 0.143. The molecule has 156 valence electrons. The molecule has 0 aliphatic carbocycles. The van der Waals surface area contributed by atoms with E-state index in [1.165, 1.54) is 0 Å². The maximum atomic E-state index is 6.55. The number of aromatic amines is 1. The van der Waals surface area contributed by atoms with Gasteiger partial charge in [-0.25, -0.2) is 15.0 Å². The van der Waals surface area contributed by atoms with Crippen LogP contribution in [0.4, 0.5) is 0 Å². The number of rotatable bonds is 4. The summed E-state index contributed by atoms with van der Waals surface area (Å²) in [6, 6.07) is 7.32. The molecule has 10 heteroatoms. The molecular weight excluding hydrogens is 459 g/mol. The zero-order valence-corrected chi connectivity index (χ0v) is 18.7. The minimum Gasteiger partial charge on any atom is -0.496 e. The molecule has 1 N–H and O–H groups in total. The van der Waals surface area contributed by atoms with Gasteiger partial charge in [-0.2, -0.15) is 5.10 Å². The third-order valence-electron chi connectivity index (χ3n) is 5.00. The smallest absolute Gasteiger partial charge is 0.179 e. The number of methoxy groups -OCH3 is 1. The minimum absolute atomic E-state index is 0.311. The summed E-state index contributed by atoms with van der Waals surface area (Å²) < 4.78 is 7.22. The van der Waals surface area contributed by atoms with Gasteiger partial charge in [-0.15, -0.1) is 0 Å². The predicted octanol–water partition coefficient (Wildman–Crippen LogP) is 5.70. The second-order valence-electron chi connectivity index (χ2n) is 7.04. The van der Waals surface area contributed by atoms with E-state index in [9.17, 15) is 0 Å². The molecule has 0 fully saturated rings. The molecule has 0 atom stereocenters. The van der Waals surface area contributed by atoms with Crippen molar-refractivity contribution < 1.29 is 4.74 Å². The van der Waals surface area contributed by atoms with E-state index in [4.69, 9.17) is 39.5 Å². The fourth-order valence-corrected chi connectivity index (χ4v) is 4.20. The number of aromatic nitrogens is 6. The van der Waals surface area contributed by atoms with Gasteiger partial charge in [0.15, 0.2) is 10.8 Å². The molecule has 4 heterocycles. The van der Waals surface area contributed by atoms with Gasteiger partial charge in [0.1, 0.15) is 22.2 Å². The Morgan fingerprint density at radius 2 is 1.94 bits per heavy atom. The lowest BCUT2D eigenvalue weighted by Gasteiger charge is -2.11. The van der Waals surface area contributed by atoms with Crippen molar-refractivity contribution in [3.63, 3.8) is 0 Å². The van der Waals surface area contributed by atoms with Crippen LogP contribution in [0.15, 0.2) is 36.7 Å². The topological polar surface area (TPSA) is 81.5 Å². The van der Waals surface area contributed by atoms with E-state index in [-0.39, 0.29) is 0 Å². The lowest BCUT2D eigenvalue weighted by Crippen LogP contribution is -2.01. The predicted molar refractivity (Wildman–Crippen MR) is 122 cm³/mol. The van der Waals surface area contributed by atoms with Crippen LogP contribution < -0.4 is 4.74 Å². The number of aryl methyl sites for hydroxylation is 1. The van der Waals surface area contributed by atoms with E-state index in [0.717, 1.165) is 33.3 Å².